The third-order valence-corrected chi connectivity index (χ3v) is 4.69. The van der Waals surface area contributed by atoms with Gasteiger partial charge < -0.3 is 5.32 Å². The minimum atomic E-state index is 0.324. The molecule has 0 radical (unpaired) electrons. The van der Waals surface area contributed by atoms with Gasteiger partial charge in [-0.15, -0.1) is 23.1 Å². The first-order valence-corrected chi connectivity index (χ1v) is 8.53. The van der Waals surface area contributed by atoms with Gasteiger partial charge in [-0.25, -0.2) is 4.98 Å². The number of aromatic nitrogens is 1. The molecule has 0 aliphatic rings. The number of benzene rings is 1. The summed E-state index contributed by atoms with van der Waals surface area (Å²) in [5, 5.41) is 6.65. The molecule has 0 saturated carbocycles. The molecule has 2 rings (SSSR count). The number of hydrogen-bond donors (Lipinski definition) is 1. The minimum Gasteiger partial charge on any atom is -0.309 e. The molecule has 1 atom stereocenters. The smallest absolute Gasteiger partial charge is 0.123 e. The highest BCUT2D eigenvalue weighted by molar-refractivity contribution is 7.99. The molecule has 19 heavy (non-hydrogen) atoms. The summed E-state index contributed by atoms with van der Waals surface area (Å²) in [5.74, 6) is 1.11. The van der Waals surface area contributed by atoms with Crippen molar-refractivity contribution in [2.45, 2.75) is 31.7 Å². The van der Waals surface area contributed by atoms with Gasteiger partial charge >= 0.3 is 0 Å². The Kier molecular flexibility index (Phi) is 5.43. The van der Waals surface area contributed by atoms with E-state index in [1.54, 1.807) is 11.3 Å². The molecular weight excluding hydrogens is 272 g/mol. The Hall–Kier alpha value is -0.840. The fourth-order valence-corrected chi connectivity index (χ4v) is 3.47. The van der Waals surface area contributed by atoms with E-state index < -0.39 is 0 Å². The molecule has 4 heteroatoms. The van der Waals surface area contributed by atoms with E-state index in [2.05, 4.69) is 55.7 Å². The van der Waals surface area contributed by atoms with Gasteiger partial charge in [0, 0.05) is 21.9 Å². The Morgan fingerprint density at radius 1 is 1.26 bits per heavy atom. The Bertz CT molecular complexity index is 505. The normalized spacial score (nSPS) is 12.6. The maximum absolute atomic E-state index is 4.72. The van der Waals surface area contributed by atoms with E-state index in [-0.39, 0.29) is 0 Å². The molecule has 1 N–H and O–H groups in total. The number of nitrogens with one attached hydrogen (secondary N) is 1. The largest absolute Gasteiger partial charge is 0.309 e. The van der Waals surface area contributed by atoms with Crippen LogP contribution in [0.2, 0.25) is 0 Å². The van der Waals surface area contributed by atoms with Crippen LogP contribution in [0.15, 0.2) is 34.5 Å². The molecule has 0 aliphatic heterocycles. The maximum atomic E-state index is 4.72. The van der Waals surface area contributed by atoms with Gasteiger partial charge in [-0.1, -0.05) is 26.0 Å². The first kappa shape index (κ1) is 14.6. The zero-order valence-electron chi connectivity index (χ0n) is 11.6. The second-order valence-corrected chi connectivity index (χ2v) is 6.51. The molecule has 0 amide bonds. The van der Waals surface area contributed by atoms with Crippen LogP contribution in [0.1, 0.15) is 32.5 Å². The molecule has 0 saturated heterocycles. The molecule has 0 aliphatic carbocycles. The van der Waals surface area contributed by atoms with Gasteiger partial charge in [0.25, 0.3) is 0 Å². The van der Waals surface area contributed by atoms with E-state index in [1.165, 1.54) is 10.5 Å². The number of thiazole rings is 1. The molecule has 0 bridgehead atoms. The van der Waals surface area contributed by atoms with Crippen LogP contribution in [0.5, 0.6) is 0 Å². The van der Waals surface area contributed by atoms with Crippen LogP contribution >= 0.6 is 23.1 Å². The van der Waals surface area contributed by atoms with Gasteiger partial charge in [0.2, 0.25) is 0 Å². The summed E-state index contributed by atoms with van der Waals surface area (Å²) in [6.45, 7) is 7.42. The minimum absolute atomic E-state index is 0.324. The summed E-state index contributed by atoms with van der Waals surface area (Å²) in [6, 6.07) is 9.01. The average Bonchev–Trinajstić information content (AvgIpc) is 2.90. The van der Waals surface area contributed by atoms with Gasteiger partial charge in [-0.3, -0.25) is 0 Å². The van der Waals surface area contributed by atoms with E-state index >= 15 is 0 Å². The number of rotatable bonds is 6. The third kappa shape index (κ3) is 3.81. The Balaban J connectivity index is 2.13. The summed E-state index contributed by atoms with van der Waals surface area (Å²) in [4.78, 5) is 6.05. The maximum Gasteiger partial charge on any atom is 0.123 e. The fraction of sp³-hybridized carbons (Fsp3) is 0.400. The van der Waals surface area contributed by atoms with Crippen molar-refractivity contribution in [1.82, 2.24) is 10.3 Å². The molecule has 1 heterocycles. The summed E-state index contributed by atoms with van der Waals surface area (Å²) in [5.41, 5.74) is 2.34. The highest BCUT2D eigenvalue weighted by Gasteiger charge is 2.10. The van der Waals surface area contributed by atoms with Gasteiger partial charge in [-0.2, -0.15) is 0 Å². The fourth-order valence-electron chi connectivity index (χ4n) is 1.89. The number of thioether (sulfide) groups is 1. The van der Waals surface area contributed by atoms with Crippen molar-refractivity contribution in [3.05, 3.63) is 35.3 Å². The van der Waals surface area contributed by atoms with Crippen molar-refractivity contribution in [3.63, 3.8) is 0 Å². The predicted octanol–water partition coefficient (Wildman–Crippen LogP) is 4.59. The van der Waals surface area contributed by atoms with Crippen molar-refractivity contribution in [2.75, 3.05) is 12.3 Å². The number of hydrogen-bond acceptors (Lipinski definition) is 4. The molecule has 102 valence electrons. The first-order valence-electron chi connectivity index (χ1n) is 6.66. The van der Waals surface area contributed by atoms with Gasteiger partial charge in [-0.05, 0) is 31.4 Å². The molecule has 2 aromatic rings. The van der Waals surface area contributed by atoms with Crippen LogP contribution in [0.25, 0.3) is 10.6 Å². The molecule has 1 aromatic heterocycles. The molecule has 2 nitrogen and oxygen atoms in total. The van der Waals surface area contributed by atoms with Gasteiger partial charge in [0.05, 0.1) is 5.69 Å². The summed E-state index contributed by atoms with van der Waals surface area (Å²) in [7, 11) is 0. The highest BCUT2D eigenvalue weighted by Crippen LogP contribution is 2.28. The Morgan fingerprint density at radius 2 is 2.00 bits per heavy atom. The highest BCUT2D eigenvalue weighted by atomic mass is 32.2. The SMILES string of the molecule is CCNC(C)c1csc(-c2ccc(SCC)cc2)n1. The molecule has 0 spiro atoms. The van der Waals surface area contributed by atoms with Crippen molar-refractivity contribution in [3.8, 4) is 10.6 Å². The van der Waals surface area contributed by atoms with E-state index in [0.717, 1.165) is 23.0 Å². The topological polar surface area (TPSA) is 24.9 Å². The van der Waals surface area contributed by atoms with Crippen molar-refractivity contribution in [2.24, 2.45) is 0 Å². The van der Waals surface area contributed by atoms with Crippen LogP contribution in [-0.2, 0) is 0 Å². The van der Waals surface area contributed by atoms with E-state index in [4.69, 9.17) is 4.98 Å². The molecule has 0 fully saturated rings. The van der Waals surface area contributed by atoms with Crippen LogP contribution in [0.4, 0.5) is 0 Å². The second-order valence-electron chi connectivity index (χ2n) is 4.31. The van der Waals surface area contributed by atoms with Crippen molar-refractivity contribution in [1.29, 1.82) is 0 Å². The standard InChI is InChI=1S/C15H20N2S2/c1-4-16-11(3)14-10-19-15(17-14)12-6-8-13(9-7-12)18-5-2/h6-11,16H,4-5H2,1-3H3. The lowest BCUT2D eigenvalue weighted by atomic mass is 10.2. The van der Waals surface area contributed by atoms with E-state index in [0.29, 0.717) is 6.04 Å². The lowest BCUT2D eigenvalue weighted by Gasteiger charge is -2.08. The summed E-state index contributed by atoms with van der Waals surface area (Å²) >= 11 is 3.59. The summed E-state index contributed by atoms with van der Waals surface area (Å²) in [6.07, 6.45) is 0. The second kappa shape index (κ2) is 7.08. The Morgan fingerprint density at radius 3 is 2.63 bits per heavy atom. The number of nitrogens with zero attached hydrogens (tertiary/aromatic N) is 1. The van der Waals surface area contributed by atoms with Crippen LogP contribution in [0, 0.1) is 0 Å². The van der Waals surface area contributed by atoms with Crippen molar-refractivity contribution < 1.29 is 0 Å². The third-order valence-electron chi connectivity index (χ3n) is 2.89. The van der Waals surface area contributed by atoms with E-state index in [9.17, 15) is 0 Å². The van der Waals surface area contributed by atoms with Gasteiger partial charge in [0.15, 0.2) is 0 Å². The predicted molar refractivity (Wildman–Crippen MR) is 86.0 cm³/mol. The van der Waals surface area contributed by atoms with Crippen LogP contribution in [0.3, 0.4) is 0 Å². The lowest BCUT2D eigenvalue weighted by molar-refractivity contribution is 0.587. The van der Waals surface area contributed by atoms with E-state index in [1.807, 2.05) is 11.8 Å². The lowest BCUT2D eigenvalue weighted by Crippen LogP contribution is -2.17. The first-order chi connectivity index (χ1) is 9.24. The van der Waals surface area contributed by atoms with Crippen LogP contribution in [-0.4, -0.2) is 17.3 Å². The molecule has 1 unspecified atom stereocenters. The van der Waals surface area contributed by atoms with Crippen molar-refractivity contribution >= 4 is 23.1 Å². The van der Waals surface area contributed by atoms with Crippen LogP contribution < -0.4 is 5.32 Å². The van der Waals surface area contributed by atoms with Gasteiger partial charge in [0.1, 0.15) is 5.01 Å². The average molecular weight is 292 g/mol. The molecular formula is C15H20N2S2. The Labute approximate surface area is 123 Å². The quantitative estimate of drug-likeness (QED) is 0.788. The zero-order valence-corrected chi connectivity index (χ0v) is 13.3. The molecule has 1 aromatic carbocycles. The monoisotopic (exact) mass is 292 g/mol. The summed E-state index contributed by atoms with van der Waals surface area (Å²) < 4.78 is 0. The zero-order chi connectivity index (χ0) is 13.7.